The van der Waals surface area contributed by atoms with Gasteiger partial charge in [-0.25, -0.2) is 0 Å². The summed E-state index contributed by atoms with van der Waals surface area (Å²) < 4.78 is 14.0. The molecule has 0 heterocycles. The lowest BCUT2D eigenvalue weighted by molar-refractivity contribution is -0.387. The zero-order valence-corrected chi connectivity index (χ0v) is 10.4. The minimum atomic E-state index is -0.947. The molecule has 2 rings (SSSR count). The van der Waals surface area contributed by atoms with Gasteiger partial charge in [0.25, 0.3) is 0 Å². The Labute approximate surface area is 112 Å². The van der Waals surface area contributed by atoms with Crippen LogP contribution in [0.25, 0.3) is 11.1 Å². The molecular formula is C12H6Cl2FNO2. The van der Waals surface area contributed by atoms with Gasteiger partial charge in [-0.2, -0.15) is 4.39 Å². The van der Waals surface area contributed by atoms with Gasteiger partial charge in [-0.05, 0) is 12.1 Å². The Morgan fingerprint density at radius 3 is 2.17 bits per heavy atom. The Kier molecular flexibility index (Phi) is 3.50. The first-order valence-electron chi connectivity index (χ1n) is 4.89. The van der Waals surface area contributed by atoms with Crippen LogP contribution in [0.3, 0.4) is 0 Å². The maximum atomic E-state index is 14.0. The van der Waals surface area contributed by atoms with Crippen molar-refractivity contribution in [3.63, 3.8) is 0 Å². The number of hydrogen-bond donors (Lipinski definition) is 0. The standard InChI is InChI=1S/C12H6Cl2FNO2/c13-8-4-2-5-9(14)11(8)7-3-1-6-10(12(7)15)16(17)18/h1-6H. The number of benzene rings is 2. The molecule has 0 amide bonds. The predicted octanol–water partition coefficient (Wildman–Crippen LogP) is 4.71. The SMILES string of the molecule is O=[N+]([O-])c1cccc(-c2c(Cl)cccc2Cl)c1F. The molecular weight excluding hydrogens is 280 g/mol. The molecule has 0 N–H and O–H groups in total. The number of nitro groups is 1. The minimum absolute atomic E-state index is 0.0137. The molecule has 0 aliphatic carbocycles. The first-order chi connectivity index (χ1) is 8.52. The van der Waals surface area contributed by atoms with Gasteiger partial charge in [0.05, 0.1) is 4.92 Å². The largest absolute Gasteiger partial charge is 0.305 e. The zero-order valence-electron chi connectivity index (χ0n) is 8.86. The van der Waals surface area contributed by atoms with E-state index in [2.05, 4.69) is 0 Å². The van der Waals surface area contributed by atoms with E-state index in [-0.39, 0.29) is 21.2 Å². The summed E-state index contributed by atoms with van der Waals surface area (Å²) in [5.41, 5.74) is -0.342. The van der Waals surface area contributed by atoms with Crippen molar-refractivity contribution in [2.24, 2.45) is 0 Å². The molecule has 0 radical (unpaired) electrons. The second-order valence-corrected chi connectivity index (χ2v) is 4.31. The summed E-state index contributed by atoms with van der Waals surface area (Å²) in [6, 6.07) is 8.57. The maximum absolute atomic E-state index is 14.0. The number of nitro benzene ring substituents is 1. The molecule has 0 unspecified atom stereocenters. The molecule has 92 valence electrons. The third-order valence-electron chi connectivity index (χ3n) is 2.41. The molecule has 0 saturated carbocycles. The van der Waals surface area contributed by atoms with Crippen LogP contribution in [0.15, 0.2) is 36.4 Å². The molecule has 0 aliphatic heterocycles. The van der Waals surface area contributed by atoms with Crippen LogP contribution in [0.2, 0.25) is 10.0 Å². The second-order valence-electron chi connectivity index (χ2n) is 3.49. The Morgan fingerprint density at radius 2 is 1.61 bits per heavy atom. The predicted molar refractivity (Wildman–Crippen MR) is 68.5 cm³/mol. The van der Waals surface area contributed by atoms with Crippen LogP contribution in [-0.4, -0.2) is 4.92 Å². The molecule has 6 heteroatoms. The number of halogens is 3. The van der Waals surface area contributed by atoms with Crippen molar-refractivity contribution in [2.45, 2.75) is 0 Å². The quantitative estimate of drug-likeness (QED) is 0.592. The van der Waals surface area contributed by atoms with E-state index in [0.717, 1.165) is 6.07 Å². The summed E-state index contributed by atoms with van der Waals surface area (Å²) in [7, 11) is 0. The van der Waals surface area contributed by atoms with Crippen molar-refractivity contribution in [2.75, 3.05) is 0 Å². The normalized spacial score (nSPS) is 10.4. The van der Waals surface area contributed by atoms with Crippen LogP contribution in [0.5, 0.6) is 0 Å². The van der Waals surface area contributed by atoms with E-state index in [9.17, 15) is 14.5 Å². The van der Waals surface area contributed by atoms with Crippen molar-refractivity contribution in [1.82, 2.24) is 0 Å². The van der Waals surface area contributed by atoms with Gasteiger partial charge in [0.1, 0.15) is 0 Å². The Bertz CT molecular complexity index is 611. The smallest absolute Gasteiger partial charge is 0.258 e. The van der Waals surface area contributed by atoms with Crippen molar-refractivity contribution in [1.29, 1.82) is 0 Å². The molecule has 18 heavy (non-hydrogen) atoms. The number of nitrogens with zero attached hydrogens (tertiary/aromatic N) is 1. The monoisotopic (exact) mass is 285 g/mol. The summed E-state index contributed by atoms with van der Waals surface area (Å²) in [6.07, 6.45) is 0. The van der Waals surface area contributed by atoms with Crippen molar-refractivity contribution in [3.05, 3.63) is 62.4 Å². The van der Waals surface area contributed by atoms with Crippen molar-refractivity contribution in [3.8, 4) is 11.1 Å². The topological polar surface area (TPSA) is 43.1 Å². The fraction of sp³-hybridized carbons (Fsp3) is 0. The zero-order chi connectivity index (χ0) is 13.3. The summed E-state index contributed by atoms with van der Waals surface area (Å²) in [5.74, 6) is -0.947. The van der Waals surface area contributed by atoms with Crippen LogP contribution in [0.4, 0.5) is 10.1 Å². The lowest BCUT2D eigenvalue weighted by Crippen LogP contribution is -1.95. The van der Waals surface area contributed by atoms with Gasteiger partial charge in [-0.3, -0.25) is 10.1 Å². The molecule has 0 aliphatic rings. The van der Waals surface area contributed by atoms with E-state index >= 15 is 0 Å². The number of rotatable bonds is 2. The third-order valence-corrected chi connectivity index (χ3v) is 3.04. The molecule has 0 fully saturated rings. The highest BCUT2D eigenvalue weighted by Crippen LogP contribution is 2.38. The fourth-order valence-electron chi connectivity index (χ4n) is 1.61. The van der Waals surface area contributed by atoms with Gasteiger partial charge >= 0.3 is 5.69 Å². The first-order valence-corrected chi connectivity index (χ1v) is 5.65. The third kappa shape index (κ3) is 2.17. The van der Waals surface area contributed by atoms with Gasteiger partial charge in [-0.1, -0.05) is 41.4 Å². The minimum Gasteiger partial charge on any atom is -0.258 e. The average molecular weight is 286 g/mol. The number of hydrogen-bond acceptors (Lipinski definition) is 2. The van der Waals surface area contributed by atoms with Gasteiger partial charge in [0, 0.05) is 27.2 Å². The fourth-order valence-corrected chi connectivity index (χ4v) is 2.21. The summed E-state index contributed by atoms with van der Waals surface area (Å²) in [4.78, 5) is 9.89. The van der Waals surface area contributed by atoms with Crippen molar-refractivity contribution >= 4 is 28.9 Å². The second kappa shape index (κ2) is 4.92. The highest BCUT2D eigenvalue weighted by Gasteiger charge is 2.21. The van der Waals surface area contributed by atoms with Crippen LogP contribution in [-0.2, 0) is 0 Å². The Morgan fingerprint density at radius 1 is 1.06 bits per heavy atom. The molecule has 0 spiro atoms. The molecule has 0 atom stereocenters. The van der Waals surface area contributed by atoms with Gasteiger partial charge in [0.2, 0.25) is 5.82 Å². The van der Waals surface area contributed by atoms with Gasteiger partial charge in [-0.15, -0.1) is 0 Å². The maximum Gasteiger partial charge on any atom is 0.305 e. The van der Waals surface area contributed by atoms with Crippen LogP contribution in [0, 0.1) is 15.9 Å². The van der Waals surface area contributed by atoms with E-state index < -0.39 is 16.4 Å². The van der Waals surface area contributed by atoms with Crippen LogP contribution < -0.4 is 0 Å². The summed E-state index contributed by atoms with van der Waals surface area (Å²) in [6.45, 7) is 0. The highest BCUT2D eigenvalue weighted by molar-refractivity contribution is 6.39. The molecule has 0 bridgehead atoms. The average Bonchev–Trinajstić information content (AvgIpc) is 2.30. The van der Waals surface area contributed by atoms with E-state index in [1.807, 2.05) is 0 Å². The summed E-state index contributed by atoms with van der Waals surface area (Å²) in [5, 5.41) is 11.2. The van der Waals surface area contributed by atoms with Gasteiger partial charge < -0.3 is 0 Å². The summed E-state index contributed by atoms with van der Waals surface area (Å²) >= 11 is 11.9. The molecule has 3 nitrogen and oxygen atoms in total. The van der Waals surface area contributed by atoms with E-state index in [1.54, 1.807) is 18.2 Å². The van der Waals surface area contributed by atoms with Crippen LogP contribution in [0.1, 0.15) is 0 Å². The lowest BCUT2D eigenvalue weighted by Gasteiger charge is -2.08. The van der Waals surface area contributed by atoms with E-state index in [4.69, 9.17) is 23.2 Å². The molecule has 0 saturated heterocycles. The first kappa shape index (κ1) is 12.8. The molecule has 0 aromatic heterocycles. The van der Waals surface area contributed by atoms with Crippen molar-refractivity contribution < 1.29 is 9.31 Å². The molecule has 2 aromatic rings. The Hall–Kier alpha value is -1.65. The van der Waals surface area contributed by atoms with Crippen LogP contribution >= 0.6 is 23.2 Å². The van der Waals surface area contributed by atoms with E-state index in [0.29, 0.717) is 0 Å². The van der Waals surface area contributed by atoms with E-state index in [1.165, 1.54) is 12.1 Å². The highest BCUT2D eigenvalue weighted by atomic mass is 35.5. The van der Waals surface area contributed by atoms with Gasteiger partial charge in [0.15, 0.2) is 0 Å². The lowest BCUT2D eigenvalue weighted by atomic mass is 10.0. The molecule has 2 aromatic carbocycles. The Balaban J connectivity index is 2.73.